The van der Waals surface area contributed by atoms with E-state index in [1.807, 2.05) is 23.5 Å². The van der Waals surface area contributed by atoms with Gasteiger partial charge in [-0.15, -0.1) is 0 Å². The Morgan fingerprint density at radius 2 is 1.59 bits per heavy atom. The van der Waals surface area contributed by atoms with Gasteiger partial charge >= 0.3 is 6.18 Å². The van der Waals surface area contributed by atoms with E-state index in [-0.39, 0.29) is 17.2 Å². The van der Waals surface area contributed by atoms with Crippen LogP contribution in [-0.2, 0) is 0 Å². The number of anilines is 2. The Bertz CT molecular complexity index is 886. The maximum absolute atomic E-state index is 13.3. The van der Waals surface area contributed by atoms with Crippen LogP contribution in [0.4, 0.5) is 24.8 Å². The van der Waals surface area contributed by atoms with Crippen molar-refractivity contribution in [3.63, 3.8) is 0 Å². The summed E-state index contributed by atoms with van der Waals surface area (Å²) in [5.74, 6) is -0.732. The smallest absolute Gasteiger partial charge is 0.335 e. The van der Waals surface area contributed by atoms with Gasteiger partial charge in [0.05, 0.1) is 11.3 Å². The molecular weight excluding hydrogens is 359 g/mol. The molecule has 2 N–H and O–H groups in total. The third kappa shape index (κ3) is 4.78. The number of carbonyl (C=O) groups is 1. The van der Waals surface area contributed by atoms with Crippen LogP contribution in [0.5, 0.6) is 0 Å². The molecule has 9 heteroatoms. The zero-order valence-electron chi connectivity index (χ0n) is 13.8. The van der Waals surface area contributed by atoms with Gasteiger partial charge in [-0.2, -0.15) is 13.2 Å². The summed E-state index contributed by atoms with van der Waals surface area (Å²) in [5, 5.41) is 4.85. The average molecular weight is 373 g/mol. The Morgan fingerprint density at radius 1 is 0.926 bits per heavy atom. The van der Waals surface area contributed by atoms with Crippen molar-refractivity contribution in [2.75, 3.05) is 5.32 Å². The molecule has 0 saturated heterocycles. The van der Waals surface area contributed by atoms with Gasteiger partial charge in [-0.25, -0.2) is 9.97 Å². The molecule has 0 saturated carbocycles. The maximum Gasteiger partial charge on any atom is 0.414 e. The first-order chi connectivity index (χ1) is 12.9. The number of aromatic nitrogens is 3. The summed E-state index contributed by atoms with van der Waals surface area (Å²) >= 11 is 0. The molecule has 0 spiro atoms. The molecule has 0 fully saturated rings. The summed E-state index contributed by atoms with van der Waals surface area (Å²) in [7, 11) is 0. The number of hydrogen-bond acceptors (Lipinski definition) is 5. The lowest BCUT2D eigenvalue weighted by atomic mass is 10.1. The number of benzene rings is 1. The van der Waals surface area contributed by atoms with E-state index in [0.29, 0.717) is 0 Å². The molecule has 0 aliphatic carbocycles. The minimum Gasteiger partial charge on any atom is -0.335 e. The minimum absolute atomic E-state index is 0.0983. The molecule has 3 rings (SSSR count). The number of alkyl halides is 3. The Morgan fingerprint density at radius 3 is 2.19 bits per heavy atom. The molecule has 1 atom stereocenters. The Hall–Kier alpha value is -3.49. The standard InChI is InChI=1S/C18H14F3N5O/c19-18(20,21)15(14-8-4-5-9-22-14)26-16(27)12-10-23-17(24-11-12)25-13-6-2-1-3-7-13/h1-11,15H,(H,26,27)(H,23,24,25)/t15-/m1/s1. The van der Waals surface area contributed by atoms with Crippen LogP contribution in [0.15, 0.2) is 67.1 Å². The average Bonchev–Trinajstić information content (AvgIpc) is 2.67. The number of para-hydroxylation sites is 1. The first-order valence-electron chi connectivity index (χ1n) is 7.86. The maximum atomic E-state index is 13.3. The summed E-state index contributed by atoms with van der Waals surface area (Å²) in [5.41, 5.74) is 0.336. The molecule has 0 bridgehead atoms. The minimum atomic E-state index is -4.69. The Kier molecular flexibility index (Phi) is 5.30. The van der Waals surface area contributed by atoms with Crippen LogP contribution in [0, 0.1) is 0 Å². The predicted octanol–water partition coefficient (Wildman–Crippen LogP) is 3.65. The van der Waals surface area contributed by atoms with Crippen LogP contribution in [0.1, 0.15) is 22.1 Å². The van der Waals surface area contributed by atoms with Crippen molar-refractivity contribution in [1.29, 1.82) is 0 Å². The van der Waals surface area contributed by atoms with Gasteiger partial charge < -0.3 is 10.6 Å². The summed E-state index contributed by atoms with van der Waals surface area (Å²) in [6.07, 6.45) is -1.16. The van der Waals surface area contributed by atoms with Crippen molar-refractivity contribution in [2.24, 2.45) is 0 Å². The number of nitrogens with zero attached hydrogens (tertiary/aromatic N) is 3. The van der Waals surface area contributed by atoms with Crippen molar-refractivity contribution < 1.29 is 18.0 Å². The molecule has 27 heavy (non-hydrogen) atoms. The second-order valence-corrected chi connectivity index (χ2v) is 5.49. The lowest BCUT2D eigenvalue weighted by Crippen LogP contribution is -2.38. The van der Waals surface area contributed by atoms with E-state index in [4.69, 9.17) is 0 Å². The highest BCUT2D eigenvalue weighted by atomic mass is 19.4. The van der Waals surface area contributed by atoms with E-state index in [1.54, 1.807) is 12.1 Å². The number of nitrogens with one attached hydrogen (secondary N) is 2. The number of halogens is 3. The Labute approximate surface area is 152 Å². The van der Waals surface area contributed by atoms with E-state index in [1.165, 1.54) is 24.4 Å². The van der Waals surface area contributed by atoms with Crippen molar-refractivity contribution in [1.82, 2.24) is 20.3 Å². The molecule has 0 aliphatic heterocycles. The van der Waals surface area contributed by atoms with Crippen molar-refractivity contribution >= 4 is 17.5 Å². The second-order valence-electron chi connectivity index (χ2n) is 5.49. The molecule has 2 aromatic heterocycles. The van der Waals surface area contributed by atoms with Gasteiger partial charge in [0.25, 0.3) is 5.91 Å². The third-order valence-corrected chi connectivity index (χ3v) is 3.53. The SMILES string of the molecule is O=C(N[C@H](c1ccccn1)C(F)(F)F)c1cnc(Nc2ccccc2)nc1. The lowest BCUT2D eigenvalue weighted by Gasteiger charge is -2.21. The lowest BCUT2D eigenvalue weighted by molar-refractivity contribution is -0.156. The highest BCUT2D eigenvalue weighted by Crippen LogP contribution is 2.31. The number of carbonyl (C=O) groups excluding carboxylic acids is 1. The fraction of sp³-hybridized carbons (Fsp3) is 0.111. The molecule has 138 valence electrons. The van der Waals surface area contributed by atoms with Gasteiger partial charge in [-0.1, -0.05) is 24.3 Å². The highest BCUT2D eigenvalue weighted by Gasteiger charge is 2.43. The van der Waals surface area contributed by atoms with Gasteiger partial charge in [0.1, 0.15) is 0 Å². The Balaban J connectivity index is 1.73. The topological polar surface area (TPSA) is 79.8 Å². The van der Waals surface area contributed by atoms with Gasteiger partial charge in [0.2, 0.25) is 5.95 Å². The van der Waals surface area contributed by atoms with E-state index in [2.05, 4.69) is 20.3 Å². The number of rotatable bonds is 5. The van der Waals surface area contributed by atoms with Gasteiger partial charge in [-0.05, 0) is 24.3 Å². The molecule has 1 amide bonds. The van der Waals surface area contributed by atoms with Gasteiger partial charge in [0.15, 0.2) is 6.04 Å². The fourth-order valence-electron chi connectivity index (χ4n) is 2.25. The van der Waals surface area contributed by atoms with Crippen LogP contribution in [0.3, 0.4) is 0 Å². The van der Waals surface area contributed by atoms with E-state index in [9.17, 15) is 18.0 Å². The van der Waals surface area contributed by atoms with E-state index >= 15 is 0 Å². The number of hydrogen-bond donors (Lipinski definition) is 2. The third-order valence-electron chi connectivity index (χ3n) is 3.53. The van der Waals surface area contributed by atoms with Crippen LogP contribution < -0.4 is 10.6 Å². The van der Waals surface area contributed by atoms with Crippen LogP contribution >= 0.6 is 0 Å². The largest absolute Gasteiger partial charge is 0.414 e. The zero-order chi connectivity index (χ0) is 19.3. The van der Waals surface area contributed by atoms with Crippen LogP contribution in [-0.4, -0.2) is 27.0 Å². The summed E-state index contributed by atoms with van der Waals surface area (Å²) < 4.78 is 39.9. The van der Waals surface area contributed by atoms with Crippen LogP contribution in [0.25, 0.3) is 0 Å². The molecule has 0 radical (unpaired) electrons. The summed E-state index contributed by atoms with van der Waals surface area (Å²) in [4.78, 5) is 23.8. The molecule has 3 aromatic rings. The first kappa shape index (κ1) is 18.3. The molecule has 2 heterocycles. The number of amides is 1. The van der Waals surface area contributed by atoms with Crippen molar-refractivity contribution in [3.05, 3.63) is 78.4 Å². The van der Waals surface area contributed by atoms with Gasteiger partial charge in [-0.3, -0.25) is 9.78 Å². The second kappa shape index (κ2) is 7.81. The molecule has 6 nitrogen and oxygen atoms in total. The normalized spacial score (nSPS) is 12.3. The quantitative estimate of drug-likeness (QED) is 0.714. The van der Waals surface area contributed by atoms with Crippen LogP contribution in [0.2, 0.25) is 0 Å². The fourth-order valence-corrected chi connectivity index (χ4v) is 2.25. The van der Waals surface area contributed by atoms with Crippen molar-refractivity contribution in [2.45, 2.75) is 12.2 Å². The van der Waals surface area contributed by atoms with Crippen molar-refractivity contribution in [3.8, 4) is 0 Å². The number of pyridine rings is 1. The zero-order valence-corrected chi connectivity index (χ0v) is 13.8. The molecule has 0 unspecified atom stereocenters. The highest BCUT2D eigenvalue weighted by molar-refractivity contribution is 5.94. The summed E-state index contributed by atoms with van der Waals surface area (Å²) in [6.45, 7) is 0. The summed E-state index contributed by atoms with van der Waals surface area (Å²) in [6, 6.07) is 11.0. The predicted molar refractivity (Wildman–Crippen MR) is 92.3 cm³/mol. The van der Waals surface area contributed by atoms with E-state index < -0.39 is 18.1 Å². The molecular formula is C18H14F3N5O. The monoisotopic (exact) mass is 373 g/mol. The van der Waals surface area contributed by atoms with Gasteiger partial charge in [0, 0.05) is 24.3 Å². The molecule has 1 aromatic carbocycles. The van der Waals surface area contributed by atoms with E-state index in [0.717, 1.165) is 18.1 Å². The molecule has 0 aliphatic rings. The first-order valence-corrected chi connectivity index (χ1v) is 7.86.